The van der Waals surface area contributed by atoms with Gasteiger partial charge in [-0.25, -0.2) is 0 Å². The van der Waals surface area contributed by atoms with Gasteiger partial charge in [0.05, 0.1) is 5.69 Å². The second-order valence-corrected chi connectivity index (χ2v) is 16.4. The van der Waals surface area contributed by atoms with E-state index in [0.29, 0.717) is 0 Å². The molecule has 272 valence electrons. The largest absolute Gasteiger partial charge is 0.457 e. The minimum absolute atomic E-state index is 0.00690. The Labute approximate surface area is 326 Å². The molecule has 0 bridgehead atoms. The molecule has 0 saturated carbocycles. The van der Waals surface area contributed by atoms with Gasteiger partial charge in [0.1, 0.15) is 11.5 Å². The van der Waals surface area contributed by atoms with Crippen LogP contribution in [0.2, 0.25) is 0 Å². The van der Waals surface area contributed by atoms with Gasteiger partial charge in [-0.3, -0.25) is 0 Å². The molecule has 0 spiro atoms. The maximum Gasteiger partial charge on any atom is 0.129 e. The molecule has 2 aliphatic rings. The molecule has 9 rings (SSSR count). The molecule has 1 aliphatic carbocycles. The van der Waals surface area contributed by atoms with Crippen LogP contribution in [0.5, 0.6) is 11.5 Å². The molecular formula is C52H48N2O. The molecule has 0 unspecified atom stereocenters. The molecule has 7 aromatic rings. The van der Waals surface area contributed by atoms with Crippen molar-refractivity contribution in [2.24, 2.45) is 0 Å². The number of fused-ring (bicyclic) bond motifs is 4. The fourth-order valence-corrected chi connectivity index (χ4v) is 8.99. The minimum Gasteiger partial charge on any atom is -0.457 e. The molecule has 55 heavy (non-hydrogen) atoms. The van der Waals surface area contributed by atoms with Crippen LogP contribution < -0.4 is 14.5 Å². The van der Waals surface area contributed by atoms with Gasteiger partial charge in [-0.1, -0.05) is 123 Å². The highest BCUT2D eigenvalue weighted by Crippen LogP contribution is 2.57. The average molecular weight is 717 g/mol. The van der Waals surface area contributed by atoms with Gasteiger partial charge in [0.25, 0.3) is 0 Å². The van der Waals surface area contributed by atoms with E-state index in [4.69, 9.17) is 4.74 Å². The van der Waals surface area contributed by atoms with Crippen LogP contribution in [0.15, 0.2) is 164 Å². The van der Waals surface area contributed by atoms with Crippen molar-refractivity contribution in [1.29, 1.82) is 0 Å². The van der Waals surface area contributed by atoms with Crippen LogP contribution in [-0.2, 0) is 11.8 Å². The first kappa shape index (κ1) is 34.7. The highest BCUT2D eigenvalue weighted by molar-refractivity contribution is 6.03. The maximum atomic E-state index is 6.48. The first-order valence-electron chi connectivity index (χ1n) is 19.6. The summed E-state index contributed by atoms with van der Waals surface area (Å²) >= 11 is 0. The predicted octanol–water partition coefficient (Wildman–Crippen LogP) is 14.1. The lowest BCUT2D eigenvalue weighted by Crippen LogP contribution is -2.44. The molecule has 3 nitrogen and oxygen atoms in total. The molecule has 0 atom stereocenters. The third-order valence-corrected chi connectivity index (χ3v) is 11.6. The van der Waals surface area contributed by atoms with Gasteiger partial charge in [0.2, 0.25) is 0 Å². The third-order valence-electron chi connectivity index (χ3n) is 11.6. The van der Waals surface area contributed by atoms with Crippen molar-refractivity contribution in [3.05, 3.63) is 180 Å². The standard InChI is InChI=1S/C52H48N2O/c1-51(2,3)53-33-17-28-42-43(27-16-30-47(42)53)50-48(32-31-46-49(50)44-26-12-13-29-45(44)52(46,4)5)54(38-21-14-20-37(34-38)36-18-8-6-9-19-36)39-22-15-25-41(35-39)55-40-23-10-7-11-24-40/h6-16,18-27,29-32,34-35H,17,28,33H2,1-5H3. The van der Waals surface area contributed by atoms with Crippen LogP contribution in [0.1, 0.15) is 57.7 Å². The van der Waals surface area contributed by atoms with Crippen molar-refractivity contribution < 1.29 is 4.74 Å². The highest BCUT2D eigenvalue weighted by Gasteiger charge is 2.39. The topological polar surface area (TPSA) is 15.7 Å². The number of hydrogen-bond acceptors (Lipinski definition) is 3. The van der Waals surface area contributed by atoms with E-state index in [1.807, 2.05) is 36.4 Å². The number of hydrogen-bond donors (Lipinski definition) is 0. The zero-order chi connectivity index (χ0) is 37.7. The Morgan fingerprint density at radius 2 is 1.20 bits per heavy atom. The lowest BCUT2D eigenvalue weighted by atomic mass is 9.80. The summed E-state index contributed by atoms with van der Waals surface area (Å²) in [5.74, 6) is 1.61. The maximum absolute atomic E-state index is 6.48. The SMILES string of the molecule is CC1(C)c2ccccc2-c2c1ccc(N(c1cccc(Oc3ccccc3)c1)c1cccc(-c3ccccc3)c1)c2-c1cccc2c1CCCN2C(C)(C)C. The zero-order valence-electron chi connectivity index (χ0n) is 32.5. The molecular weight excluding hydrogens is 669 g/mol. The van der Waals surface area contributed by atoms with Crippen molar-refractivity contribution >= 4 is 22.7 Å². The van der Waals surface area contributed by atoms with Gasteiger partial charge < -0.3 is 14.5 Å². The van der Waals surface area contributed by atoms with E-state index >= 15 is 0 Å². The Balaban J connectivity index is 1.34. The van der Waals surface area contributed by atoms with E-state index in [1.54, 1.807) is 0 Å². The van der Waals surface area contributed by atoms with Crippen LogP contribution in [0, 0.1) is 0 Å². The summed E-state index contributed by atoms with van der Waals surface area (Å²) in [4.78, 5) is 5.07. The fourth-order valence-electron chi connectivity index (χ4n) is 8.99. The van der Waals surface area contributed by atoms with Gasteiger partial charge in [0, 0.05) is 46.2 Å². The van der Waals surface area contributed by atoms with Gasteiger partial charge in [0.15, 0.2) is 0 Å². The van der Waals surface area contributed by atoms with Crippen LogP contribution in [-0.4, -0.2) is 12.1 Å². The number of anilines is 4. The minimum atomic E-state index is -0.146. The summed E-state index contributed by atoms with van der Waals surface area (Å²) in [5.41, 5.74) is 16.3. The second kappa shape index (κ2) is 13.7. The molecule has 0 fully saturated rings. The van der Waals surface area contributed by atoms with Gasteiger partial charge in [-0.2, -0.15) is 0 Å². The molecule has 0 N–H and O–H groups in total. The summed E-state index contributed by atoms with van der Waals surface area (Å²) in [6, 6.07) is 59.1. The van der Waals surface area contributed by atoms with E-state index < -0.39 is 0 Å². The van der Waals surface area contributed by atoms with Crippen LogP contribution in [0.4, 0.5) is 22.7 Å². The van der Waals surface area contributed by atoms with E-state index in [1.165, 1.54) is 55.8 Å². The van der Waals surface area contributed by atoms with E-state index in [0.717, 1.165) is 47.9 Å². The number of benzene rings is 7. The van der Waals surface area contributed by atoms with Crippen molar-refractivity contribution in [3.8, 4) is 44.9 Å². The molecule has 0 amide bonds. The number of rotatable bonds is 7. The molecule has 7 aromatic carbocycles. The van der Waals surface area contributed by atoms with E-state index in [2.05, 4.69) is 172 Å². The van der Waals surface area contributed by atoms with Gasteiger partial charge in [-0.05, 0) is 127 Å². The molecule has 0 aromatic heterocycles. The Kier molecular flexibility index (Phi) is 8.62. The van der Waals surface area contributed by atoms with Crippen molar-refractivity contribution in [3.63, 3.8) is 0 Å². The van der Waals surface area contributed by atoms with Crippen molar-refractivity contribution in [2.45, 2.75) is 58.4 Å². The van der Waals surface area contributed by atoms with Gasteiger partial charge in [-0.15, -0.1) is 0 Å². The first-order valence-corrected chi connectivity index (χ1v) is 19.6. The second-order valence-electron chi connectivity index (χ2n) is 16.4. The van der Waals surface area contributed by atoms with Gasteiger partial charge >= 0.3 is 0 Å². The van der Waals surface area contributed by atoms with E-state index in [-0.39, 0.29) is 11.0 Å². The van der Waals surface area contributed by atoms with Crippen LogP contribution in [0.25, 0.3) is 33.4 Å². The predicted molar refractivity (Wildman–Crippen MR) is 231 cm³/mol. The van der Waals surface area contributed by atoms with Crippen LogP contribution in [0.3, 0.4) is 0 Å². The zero-order valence-corrected chi connectivity index (χ0v) is 32.5. The Morgan fingerprint density at radius 3 is 1.98 bits per heavy atom. The number of nitrogens with zero attached hydrogens (tertiary/aromatic N) is 2. The molecule has 0 saturated heterocycles. The summed E-state index contributed by atoms with van der Waals surface area (Å²) < 4.78 is 6.48. The monoisotopic (exact) mass is 716 g/mol. The van der Waals surface area contributed by atoms with Crippen molar-refractivity contribution in [1.82, 2.24) is 0 Å². The summed E-state index contributed by atoms with van der Waals surface area (Å²) in [6.45, 7) is 12.8. The Morgan fingerprint density at radius 1 is 0.564 bits per heavy atom. The fraction of sp³-hybridized carbons (Fsp3) is 0.192. The smallest absolute Gasteiger partial charge is 0.129 e. The molecule has 1 aliphatic heterocycles. The lowest BCUT2D eigenvalue weighted by Gasteiger charge is -2.42. The first-order chi connectivity index (χ1) is 26.7. The highest BCUT2D eigenvalue weighted by atomic mass is 16.5. The molecule has 1 heterocycles. The molecule has 0 radical (unpaired) electrons. The summed E-state index contributed by atoms with van der Waals surface area (Å²) in [7, 11) is 0. The van der Waals surface area contributed by atoms with Crippen molar-refractivity contribution in [2.75, 3.05) is 16.3 Å². The lowest BCUT2D eigenvalue weighted by molar-refractivity contribution is 0.483. The number of ether oxygens (including phenoxy) is 1. The summed E-state index contributed by atoms with van der Waals surface area (Å²) in [6.07, 6.45) is 2.16. The Bertz CT molecular complexity index is 2510. The van der Waals surface area contributed by atoms with E-state index in [9.17, 15) is 0 Å². The van der Waals surface area contributed by atoms with Crippen LogP contribution >= 0.6 is 0 Å². The third kappa shape index (κ3) is 6.18. The average Bonchev–Trinajstić information content (AvgIpc) is 3.44. The summed E-state index contributed by atoms with van der Waals surface area (Å²) in [5, 5.41) is 0. The quantitative estimate of drug-likeness (QED) is 0.163. The Hall–Kier alpha value is -6.06. The number of para-hydroxylation sites is 1. The molecule has 3 heteroatoms. The normalized spacial score (nSPS) is 14.2.